The number of nitrogens with zero attached hydrogens (tertiary/aromatic N) is 1. The molecule has 140 valence electrons. The molecule has 2 N–H and O–H groups in total. The van der Waals surface area contributed by atoms with Gasteiger partial charge < -0.3 is 14.8 Å². The number of hydrogen-bond acceptors (Lipinski definition) is 4. The standard InChI is InChI=1S/C20H26N2O4/c1-4-20(5-2,19(24)25)13-21-16(23)11-12-17-22-14(3)18(26-17)15-9-7-6-8-10-15/h6-10H,4-5,11-13H2,1-3H3,(H,21,23)(H,24,25). The zero-order valence-electron chi connectivity index (χ0n) is 15.5. The minimum atomic E-state index is -0.907. The number of benzene rings is 1. The number of aliphatic carboxylic acids is 1. The Morgan fingerprint density at radius 1 is 1.19 bits per heavy atom. The molecule has 2 rings (SSSR count). The number of carboxylic acid groups (broad SMARTS) is 1. The van der Waals surface area contributed by atoms with Crippen molar-refractivity contribution in [3.05, 3.63) is 41.9 Å². The maximum absolute atomic E-state index is 12.1. The molecule has 0 spiro atoms. The van der Waals surface area contributed by atoms with Crippen LogP contribution in [0.5, 0.6) is 0 Å². The van der Waals surface area contributed by atoms with Crippen molar-refractivity contribution in [1.29, 1.82) is 0 Å². The van der Waals surface area contributed by atoms with Crippen LogP contribution in [0.2, 0.25) is 0 Å². The fourth-order valence-electron chi connectivity index (χ4n) is 2.87. The summed E-state index contributed by atoms with van der Waals surface area (Å²) in [6, 6.07) is 9.70. The molecule has 0 bridgehead atoms. The van der Waals surface area contributed by atoms with Gasteiger partial charge in [-0.05, 0) is 19.8 Å². The molecular formula is C20H26N2O4. The first-order valence-corrected chi connectivity index (χ1v) is 8.93. The Bertz CT molecular complexity index is 748. The number of carbonyl (C=O) groups is 2. The van der Waals surface area contributed by atoms with E-state index in [0.29, 0.717) is 30.9 Å². The summed E-state index contributed by atoms with van der Waals surface area (Å²) in [5, 5.41) is 12.2. The second-order valence-electron chi connectivity index (χ2n) is 6.46. The largest absolute Gasteiger partial charge is 0.481 e. The topological polar surface area (TPSA) is 92.4 Å². The van der Waals surface area contributed by atoms with Crippen LogP contribution < -0.4 is 5.32 Å². The zero-order valence-corrected chi connectivity index (χ0v) is 15.5. The predicted molar refractivity (Wildman–Crippen MR) is 98.7 cm³/mol. The fraction of sp³-hybridized carbons (Fsp3) is 0.450. The number of carbonyl (C=O) groups excluding carboxylic acids is 1. The van der Waals surface area contributed by atoms with Gasteiger partial charge in [0.2, 0.25) is 5.91 Å². The molecule has 0 unspecified atom stereocenters. The van der Waals surface area contributed by atoms with Gasteiger partial charge in [-0.25, -0.2) is 4.98 Å². The molecule has 26 heavy (non-hydrogen) atoms. The van der Waals surface area contributed by atoms with E-state index in [1.165, 1.54) is 0 Å². The summed E-state index contributed by atoms with van der Waals surface area (Å²) in [6.45, 7) is 5.65. The number of aryl methyl sites for hydroxylation is 2. The van der Waals surface area contributed by atoms with Crippen LogP contribution in [0.15, 0.2) is 34.7 Å². The average molecular weight is 358 g/mol. The number of oxazole rings is 1. The van der Waals surface area contributed by atoms with Crippen molar-refractivity contribution >= 4 is 11.9 Å². The molecule has 0 saturated heterocycles. The molecule has 1 aromatic carbocycles. The van der Waals surface area contributed by atoms with E-state index < -0.39 is 11.4 Å². The van der Waals surface area contributed by atoms with Gasteiger partial charge in [-0.1, -0.05) is 44.2 Å². The molecule has 0 atom stereocenters. The Balaban J connectivity index is 1.93. The summed E-state index contributed by atoms with van der Waals surface area (Å²) < 4.78 is 5.79. The molecule has 2 aromatic rings. The Morgan fingerprint density at radius 2 is 1.85 bits per heavy atom. The van der Waals surface area contributed by atoms with E-state index >= 15 is 0 Å². The molecule has 1 aromatic heterocycles. The van der Waals surface area contributed by atoms with Crippen LogP contribution in [-0.4, -0.2) is 28.5 Å². The number of hydrogen-bond donors (Lipinski definition) is 2. The molecule has 0 aliphatic heterocycles. The van der Waals surface area contributed by atoms with Gasteiger partial charge in [-0.3, -0.25) is 9.59 Å². The summed E-state index contributed by atoms with van der Waals surface area (Å²) in [5.41, 5.74) is 0.828. The Labute approximate surface area is 153 Å². The normalized spacial score (nSPS) is 11.3. The Morgan fingerprint density at radius 3 is 2.42 bits per heavy atom. The van der Waals surface area contributed by atoms with E-state index in [1.807, 2.05) is 51.1 Å². The molecule has 0 radical (unpaired) electrons. The number of nitrogens with one attached hydrogen (secondary N) is 1. The van der Waals surface area contributed by atoms with Crippen molar-refractivity contribution in [1.82, 2.24) is 10.3 Å². The summed E-state index contributed by atoms with van der Waals surface area (Å²) in [7, 11) is 0. The summed E-state index contributed by atoms with van der Waals surface area (Å²) in [4.78, 5) is 28.0. The lowest BCUT2D eigenvalue weighted by atomic mass is 9.82. The molecule has 0 aliphatic carbocycles. The van der Waals surface area contributed by atoms with E-state index in [4.69, 9.17) is 4.42 Å². The van der Waals surface area contributed by atoms with E-state index in [0.717, 1.165) is 11.3 Å². The van der Waals surface area contributed by atoms with E-state index in [1.54, 1.807) is 0 Å². The van der Waals surface area contributed by atoms with Gasteiger partial charge in [0, 0.05) is 24.9 Å². The molecule has 6 heteroatoms. The van der Waals surface area contributed by atoms with Crippen molar-refractivity contribution in [2.24, 2.45) is 5.41 Å². The maximum atomic E-state index is 12.1. The van der Waals surface area contributed by atoms with E-state index in [-0.39, 0.29) is 18.9 Å². The molecule has 1 amide bonds. The predicted octanol–water partition coefficient (Wildman–Crippen LogP) is 3.59. The quantitative estimate of drug-likeness (QED) is 0.714. The molecule has 1 heterocycles. The van der Waals surface area contributed by atoms with Crippen molar-refractivity contribution in [3.8, 4) is 11.3 Å². The monoisotopic (exact) mass is 358 g/mol. The third-order valence-corrected chi connectivity index (χ3v) is 4.87. The number of carboxylic acids is 1. The van der Waals surface area contributed by atoms with Crippen LogP contribution in [0.25, 0.3) is 11.3 Å². The fourth-order valence-corrected chi connectivity index (χ4v) is 2.87. The highest BCUT2D eigenvalue weighted by Gasteiger charge is 2.35. The Kier molecular flexibility index (Phi) is 6.55. The lowest BCUT2D eigenvalue weighted by molar-refractivity contribution is -0.149. The third-order valence-electron chi connectivity index (χ3n) is 4.87. The second kappa shape index (κ2) is 8.65. The van der Waals surface area contributed by atoms with Crippen molar-refractivity contribution in [2.75, 3.05) is 6.54 Å². The van der Waals surface area contributed by atoms with E-state index in [2.05, 4.69) is 10.3 Å². The van der Waals surface area contributed by atoms with Crippen LogP contribution in [0.3, 0.4) is 0 Å². The lowest BCUT2D eigenvalue weighted by Crippen LogP contribution is -2.42. The summed E-state index contributed by atoms with van der Waals surface area (Å²) >= 11 is 0. The minimum Gasteiger partial charge on any atom is -0.481 e. The highest BCUT2D eigenvalue weighted by Crippen LogP contribution is 2.26. The summed E-state index contributed by atoms with van der Waals surface area (Å²) in [6.07, 6.45) is 1.52. The average Bonchev–Trinajstić information content (AvgIpc) is 3.02. The van der Waals surface area contributed by atoms with Gasteiger partial charge in [0.1, 0.15) is 0 Å². The van der Waals surface area contributed by atoms with Crippen LogP contribution in [0.4, 0.5) is 0 Å². The SMILES string of the molecule is CCC(CC)(CNC(=O)CCc1nc(C)c(-c2ccccc2)o1)C(=O)O. The van der Waals surface area contributed by atoms with Crippen LogP contribution in [0, 0.1) is 12.3 Å². The van der Waals surface area contributed by atoms with Gasteiger partial charge >= 0.3 is 5.97 Å². The first kappa shape index (κ1) is 19.7. The zero-order chi connectivity index (χ0) is 19.2. The second-order valence-corrected chi connectivity index (χ2v) is 6.46. The molecule has 0 aliphatic rings. The number of amides is 1. The Hall–Kier alpha value is -2.63. The van der Waals surface area contributed by atoms with Crippen molar-refractivity contribution in [2.45, 2.75) is 46.5 Å². The molecular weight excluding hydrogens is 332 g/mol. The highest BCUT2D eigenvalue weighted by molar-refractivity contribution is 5.79. The highest BCUT2D eigenvalue weighted by atomic mass is 16.4. The van der Waals surface area contributed by atoms with Gasteiger partial charge in [-0.15, -0.1) is 0 Å². The van der Waals surface area contributed by atoms with Gasteiger partial charge in [0.15, 0.2) is 11.7 Å². The van der Waals surface area contributed by atoms with E-state index in [9.17, 15) is 14.7 Å². The van der Waals surface area contributed by atoms with Gasteiger partial charge in [-0.2, -0.15) is 0 Å². The summed E-state index contributed by atoms with van der Waals surface area (Å²) in [5.74, 6) is 0.142. The third kappa shape index (κ3) is 4.50. The molecule has 6 nitrogen and oxygen atoms in total. The van der Waals surface area contributed by atoms with Crippen LogP contribution in [-0.2, 0) is 16.0 Å². The first-order valence-electron chi connectivity index (χ1n) is 8.93. The first-order chi connectivity index (χ1) is 12.4. The minimum absolute atomic E-state index is 0.133. The van der Waals surface area contributed by atoms with Crippen LogP contribution >= 0.6 is 0 Å². The maximum Gasteiger partial charge on any atom is 0.311 e. The lowest BCUT2D eigenvalue weighted by Gasteiger charge is -2.26. The van der Waals surface area contributed by atoms with Crippen LogP contribution in [0.1, 0.15) is 44.7 Å². The molecule has 0 fully saturated rings. The molecule has 0 saturated carbocycles. The van der Waals surface area contributed by atoms with Gasteiger partial charge in [0.05, 0.1) is 11.1 Å². The van der Waals surface area contributed by atoms with Crippen molar-refractivity contribution < 1.29 is 19.1 Å². The number of aromatic nitrogens is 1. The smallest absolute Gasteiger partial charge is 0.311 e. The number of rotatable bonds is 9. The van der Waals surface area contributed by atoms with Crippen molar-refractivity contribution in [3.63, 3.8) is 0 Å². The van der Waals surface area contributed by atoms with Gasteiger partial charge in [0.25, 0.3) is 0 Å².